The van der Waals surface area contributed by atoms with Gasteiger partial charge < -0.3 is 15.0 Å². The number of hydrogen-bond donors (Lipinski definition) is 1. The van der Waals surface area contributed by atoms with Crippen molar-refractivity contribution in [3.63, 3.8) is 0 Å². The Morgan fingerprint density at radius 2 is 1.73 bits per heavy atom. The highest BCUT2D eigenvalue weighted by molar-refractivity contribution is 9.10. The van der Waals surface area contributed by atoms with Crippen LogP contribution < -0.4 is 14.4 Å². The summed E-state index contributed by atoms with van der Waals surface area (Å²) in [6.07, 6.45) is 1.05. The molecule has 1 atom stereocenters. The molecule has 1 N–H and O–H groups in total. The quantitative estimate of drug-likeness (QED) is 0.500. The molecule has 2 amide bonds. The summed E-state index contributed by atoms with van der Waals surface area (Å²) in [5, 5.41) is 2.81. The van der Waals surface area contributed by atoms with E-state index in [1.165, 1.54) is 4.90 Å². The monoisotopic (exact) mass is 539 g/mol. The average molecular weight is 540 g/mol. The van der Waals surface area contributed by atoms with Gasteiger partial charge in [-0.25, -0.2) is 8.42 Å². The van der Waals surface area contributed by atoms with Gasteiger partial charge >= 0.3 is 0 Å². The third-order valence-corrected chi connectivity index (χ3v) is 6.55. The average Bonchev–Trinajstić information content (AvgIpc) is 2.74. The molecule has 2 aromatic carbocycles. The van der Waals surface area contributed by atoms with E-state index in [-0.39, 0.29) is 18.5 Å². The van der Waals surface area contributed by atoms with Gasteiger partial charge in [0.2, 0.25) is 21.8 Å². The molecule has 0 saturated heterocycles. The smallest absolute Gasteiger partial charge is 0.244 e. The largest absolute Gasteiger partial charge is 0.497 e. The number of sulfonamides is 1. The van der Waals surface area contributed by atoms with Crippen LogP contribution in [0, 0.1) is 0 Å². The number of rotatable bonds is 10. The Morgan fingerprint density at radius 3 is 2.27 bits per heavy atom. The van der Waals surface area contributed by atoms with Gasteiger partial charge in [0.15, 0.2) is 0 Å². The van der Waals surface area contributed by atoms with Gasteiger partial charge in [-0.2, -0.15) is 0 Å². The van der Waals surface area contributed by atoms with Crippen molar-refractivity contribution in [2.75, 3.05) is 24.2 Å². The van der Waals surface area contributed by atoms with Gasteiger partial charge in [-0.05, 0) is 62.7 Å². The normalized spacial score (nSPS) is 12.2. The lowest BCUT2D eigenvalue weighted by Crippen LogP contribution is -2.52. The van der Waals surface area contributed by atoms with Crippen molar-refractivity contribution in [3.05, 3.63) is 58.6 Å². The van der Waals surface area contributed by atoms with Gasteiger partial charge in [0, 0.05) is 17.1 Å². The minimum absolute atomic E-state index is 0.107. The van der Waals surface area contributed by atoms with Crippen LogP contribution >= 0.6 is 15.9 Å². The zero-order valence-electron chi connectivity index (χ0n) is 19.4. The maximum atomic E-state index is 13.4. The molecule has 8 nitrogen and oxygen atoms in total. The molecule has 2 rings (SSSR count). The fourth-order valence-corrected chi connectivity index (χ4v) is 4.29. The number of nitrogens with one attached hydrogen (secondary N) is 1. The van der Waals surface area contributed by atoms with Gasteiger partial charge in [-0.15, -0.1) is 0 Å². The highest BCUT2D eigenvalue weighted by Gasteiger charge is 2.30. The third-order valence-electron chi connectivity index (χ3n) is 4.88. The highest BCUT2D eigenvalue weighted by Crippen LogP contribution is 2.22. The molecule has 0 aliphatic rings. The summed E-state index contributed by atoms with van der Waals surface area (Å²) in [4.78, 5) is 27.5. The second-order valence-corrected chi connectivity index (χ2v) is 10.8. The first-order valence-corrected chi connectivity index (χ1v) is 13.0. The number of halogens is 1. The Kier molecular flexibility index (Phi) is 9.30. The van der Waals surface area contributed by atoms with Crippen LogP contribution in [-0.2, 0) is 26.2 Å². The van der Waals surface area contributed by atoms with Gasteiger partial charge in [0.1, 0.15) is 18.3 Å². The fourth-order valence-electron chi connectivity index (χ4n) is 3.18. The molecule has 10 heteroatoms. The molecule has 0 fully saturated rings. The van der Waals surface area contributed by atoms with Crippen LogP contribution in [-0.4, -0.2) is 57.1 Å². The zero-order chi connectivity index (χ0) is 24.8. The predicted octanol–water partition coefficient (Wildman–Crippen LogP) is 3.17. The number of methoxy groups -OCH3 is 1. The maximum Gasteiger partial charge on any atom is 0.244 e. The highest BCUT2D eigenvalue weighted by atomic mass is 79.9. The van der Waals surface area contributed by atoms with Crippen LogP contribution in [0.25, 0.3) is 0 Å². The van der Waals surface area contributed by atoms with E-state index >= 15 is 0 Å². The lowest BCUT2D eigenvalue weighted by molar-refractivity contribution is -0.139. The summed E-state index contributed by atoms with van der Waals surface area (Å²) >= 11 is 3.32. The van der Waals surface area contributed by atoms with Crippen molar-refractivity contribution in [2.45, 2.75) is 39.4 Å². The standard InChI is InChI=1S/C23H30BrN3O5S/c1-16(2)25-23(29)17(3)26(14-18-7-6-8-21(13-18)32-4)22(28)15-27(33(5,30)31)20-11-9-19(24)10-12-20/h6-13,16-17H,14-15H2,1-5H3,(H,25,29)/t17-/m0/s1. The van der Waals surface area contributed by atoms with E-state index in [1.807, 2.05) is 19.9 Å². The minimum atomic E-state index is -3.76. The Morgan fingerprint density at radius 1 is 1.09 bits per heavy atom. The van der Waals surface area contributed by atoms with Gasteiger partial charge in [-0.3, -0.25) is 13.9 Å². The molecule has 0 aliphatic carbocycles. The van der Waals surface area contributed by atoms with Crippen LogP contribution in [0.4, 0.5) is 5.69 Å². The number of nitrogens with zero attached hydrogens (tertiary/aromatic N) is 2. The van der Waals surface area contributed by atoms with Gasteiger partial charge in [-0.1, -0.05) is 28.1 Å². The number of hydrogen-bond acceptors (Lipinski definition) is 5. The summed E-state index contributed by atoms with van der Waals surface area (Å²) in [5.41, 5.74) is 1.11. The van der Waals surface area contributed by atoms with Crippen molar-refractivity contribution < 1.29 is 22.7 Å². The van der Waals surface area contributed by atoms with Crippen molar-refractivity contribution in [1.82, 2.24) is 10.2 Å². The van der Waals surface area contributed by atoms with Gasteiger partial charge in [0.05, 0.1) is 19.1 Å². The Bertz CT molecular complexity index is 1070. The zero-order valence-corrected chi connectivity index (χ0v) is 21.8. The van der Waals surface area contributed by atoms with Crippen molar-refractivity contribution in [2.24, 2.45) is 0 Å². The maximum absolute atomic E-state index is 13.4. The number of amides is 2. The molecule has 0 radical (unpaired) electrons. The Balaban J connectivity index is 2.39. The molecular formula is C23H30BrN3O5S. The molecule has 0 heterocycles. The van der Waals surface area contributed by atoms with E-state index in [1.54, 1.807) is 56.5 Å². The van der Waals surface area contributed by atoms with Crippen molar-refractivity contribution in [1.29, 1.82) is 0 Å². The van der Waals surface area contributed by atoms with Crippen LogP contribution in [0.15, 0.2) is 53.0 Å². The van der Waals surface area contributed by atoms with E-state index < -0.39 is 28.5 Å². The molecule has 33 heavy (non-hydrogen) atoms. The molecule has 0 bridgehead atoms. The number of carbonyl (C=O) groups is 2. The molecule has 180 valence electrons. The summed E-state index contributed by atoms with van der Waals surface area (Å²) in [6.45, 7) is 4.96. The number of ether oxygens (including phenoxy) is 1. The van der Waals surface area contributed by atoms with E-state index in [4.69, 9.17) is 4.74 Å². The van der Waals surface area contributed by atoms with Crippen LogP contribution in [0.1, 0.15) is 26.3 Å². The van der Waals surface area contributed by atoms with Gasteiger partial charge in [0.25, 0.3) is 0 Å². The molecule has 0 saturated carbocycles. The summed E-state index contributed by atoms with van der Waals surface area (Å²) in [7, 11) is -2.21. The molecule has 2 aromatic rings. The lowest BCUT2D eigenvalue weighted by atomic mass is 10.1. The lowest BCUT2D eigenvalue weighted by Gasteiger charge is -2.32. The molecular weight excluding hydrogens is 510 g/mol. The number of anilines is 1. The Hall–Kier alpha value is -2.59. The van der Waals surface area contributed by atoms with Crippen LogP contribution in [0.2, 0.25) is 0 Å². The first-order chi connectivity index (χ1) is 15.4. The SMILES string of the molecule is COc1cccc(CN(C(=O)CN(c2ccc(Br)cc2)S(C)(=O)=O)[C@@H](C)C(=O)NC(C)C)c1. The van der Waals surface area contributed by atoms with E-state index in [2.05, 4.69) is 21.2 Å². The van der Waals surface area contributed by atoms with E-state index in [0.717, 1.165) is 20.6 Å². The number of benzene rings is 2. The minimum Gasteiger partial charge on any atom is -0.497 e. The third kappa shape index (κ3) is 7.75. The predicted molar refractivity (Wildman–Crippen MR) is 133 cm³/mol. The van der Waals surface area contributed by atoms with Crippen molar-refractivity contribution >= 4 is 43.5 Å². The van der Waals surface area contributed by atoms with E-state index in [9.17, 15) is 18.0 Å². The first-order valence-electron chi connectivity index (χ1n) is 10.4. The fraction of sp³-hybridized carbons (Fsp3) is 0.391. The molecule has 0 unspecified atom stereocenters. The summed E-state index contributed by atoms with van der Waals surface area (Å²) in [6, 6.07) is 12.9. The second kappa shape index (κ2) is 11.5. The summed E-state index contributed by atoms with van der Waals surface area (Å²) in [5.74, 6) is -0.208. The number of carbonyl (C=O) groups excluding carboxylic acids is 2. The molecule has 0 aliphatic heterocycles. The first kappa shape index (κ1) is 26.7. The summed E-state index contributed by atoms with van der Waals surface area (Å²) < 4.78 is 32.1. The van der Waals surface area contributed by atoms with Crippen molar-refractivity contribution in [3.8, 4) is 5.75 Å². The molecule has 0 aromatic heterocycles. The molecule has 0 spiro atoms. The Labute approximate surface area is 204 Å². The van der Waals surface area contributed by atoms with E-state index in [0.29, 0.717) is 11.4 Å². The van der Waals surface area contributed by atoms with Crippen LogP contribution in [0.5, 0.6) is 5.75 Å². The second-order valence-electron chi connectivity index (χ2n) is 7.96. The van der Waals surface area contributed by atoms with Crippen LogP contribution in [0.3, 0.4) is 0 Å². The topological polar surface area (TPSA) is 96.0 Å².